The van der Waals surface area contributed by atoms with Gasteiger partial charge < -0.3 is 9.52 Å². The summed E-state index contributed by atoms with van der Waals surface area (Å²) < 4.78 is 5.51. The Kier molecular flexibility index (Phi) is 2.52. The molecule has 88 valence electrons. The van der Waals surface area contributed by atoms with Gasteiger partial charge in [0, 0.05) is 12.1 Å². The standard InChI is InChI=1S/C13H19NO2/c1-9-4-5-16-13(9)8-14-10-2-3-11(14)7-12(15)6-10/h4-5,10-12,15H,2-3,6-8H2,1H3. The summed E-state index contributed by atoms with van der Waals surface area (Å²) in [4.78, 5) is 2.53. The topological polar surface area (TPSA) is 36.6 Å². The fraction of sp³-hybridized carbons (Fsp3) is 0.692. The average Bonchev–Trinajstić information content (AvgIpc) is 2.73. The number of aliphatic hydroxyl groups is 1. The Balaban J connectivity index is 1.75. The Hall–Kier alpha value is -0.800. The molecule has 2 aliphatic rings. The molecule has 2 saturated heterocycles. The molecule has 2 fully saturated rings. The van der Waals surface area contributed by atoms with Crippen molar-refractivity contribution in [2.75, 3.05) is 0 Å². The van der Waals surface area contributed by atoms with E-state index in [1.54, 1.807) is 6.26 Å². The maximum absolute atomic E-state index is 9.74. The highest BCUT2D eigenvalue weighted by Gasteiger charge is 2.40. The van der Waals surface area contributed by atoms with Crippen LogP contribution in [0.1, 0.15) is 37.0 Å². The first kappa shape index (κ1) is 10.4. The number of rotatable bonds is 2. The van der Waals surface area contributed by atoms with Gasteiger partial charge in [-0.25, -0.2) is 0 Å². The molecule has 1 N–H and O–H groups in total. The number of aliphatic hydroxyl groups excluding tert-OH is 1. The van der Waals surface area contributed by atoms with Gasteiger partial charge in [0.05, 0.1) is 18.9 Å². The van der Waals surface area contributed by atoms with Crippen LogP contribution < -0.4 is 0 Å². The quantitative estimate of drug-likeness (QED) is 0.830. The van der Waals surface area contributed by atoms with Crippen molar-refractivity contribution in [2.24, 2.45) is 0 Å². The molecule has 3 heterocycles. The van der Waals surface area contributed by atoms with E-state index in [2.05, 4.69) is 11.8 Å². The van der Waals surface area contributed by atoms with Crippen molar-refractivity contribution in [2.45, 2.75) is 57.3 Å². The largest absolute Gasteiger partial charge is 0.468 e. The highest BCUT2D eigenvalue weighted by molar-refractivity contribution is 5.15. The predicted octanol–water partition coefficient (Wildman–Crippen LogP) is 2.08. The van der Waals surface area contributed by atoms with E-state index < -0.39 is 0 Å². The molecule has 16 heavy (non-hydrogen) atoms. The number of nitrogens with zero attached hydrogens (tertiary/aromatic N) is 1. The summed E-state index contributed by atoms with van der Waals surface area (Å²) in [6.07, 6.45) is 6.05. The Bertz CT molecular complexity index is 360. The van der Waals surface area contributed by atoms with E-state index in [0.717, 1.165) is 25.1 Å². The summed E-state index contributed by atoms with van der Waals surface area (Å²) >= 11 is 0. The summed E-state index contributed by atoms with van der Waals surface area (Å²) in [6, 6.07) is 3.16. The predicted molar refractivity (Wildman–Crippen MR) is 61.0 cm³/mol. The fourth-order valence-electron chi connectivity index (χ4n) is 3.24. The third kappa shape index (κ3) is 1.68. The van der Waals surface area contributed by atoms with Gasteiger partial charge in [-0.1, -0.05) is 0 Å². The van der Waals surface area contributed by atoms with Crippen molar-refractivity contribution in [3.8, 4) is 0 Å². The van der Waals surface area contributed by atoms with Gasteiger partial charge in [-0.05, 0) is 44.2 Å². The van der Waals surface area contributed by atoms with E-state index in [0.29, 0.717) is 12.1 Å². The van der Waals surface area contributed by atoms with Crippen molar-refractivity contribution >= 4 is 0 Å². The number of furan rings is 1. The van der Waals surface area contributed by atoms with Crippen LogP contribution in [0, 0.1) is 6.92 Å². The Morgan fingerprint density at radius 1 is 1.38 bits per heavy atom. The molecule has 3 heteroatoms. The Labute approximate surface area is 96.1 Å². The van der Waals surface area contributed by atoms with Crippen molar-refractivity contribution < 1.29 is 9.52 Å². The van der Waals surface area contributed by atoms with E-state index in [1.807, 2.05) is 6.07 Å². The van der Waals surface area contributed by atoms with Crippen LogP contribution >= 0.6 is 0 Å². The Morgan fingerprint density at radius 2 is 2.06 bits per heavy atom. The highest BCUT2D eigenvalue weighted by Crippen LogP contribution is 2.37. The van der Waals surface area contributed by atoms with E-state index in [4.69, 9.17) is 4.42 Å². The SMILES string of the molecule is Cc1ccoc1CN1C2CCC1CC(O)C2. The maximum Gasteiger partial charge on any atom is 0.120 e. The van der Waals surface area contributed by atoms with Gasteiger partial charge in [0.25, 0.3) is 0 Å². The molecule has 0 saturated carbocycles. The van der Waals surface area contributed by atoms with Crippen molar-refractivity contribution in [1.82, 2.24) is 4.90 Å². The summed E-state index contributed by atoms with van der Waals surface area (Å²) in [5, 5.41) is 9.74. The lowest BCUT2D eigenvalue weighted by atomic mass is 9.99. The first-order chi connectivity index (χ1) is 7.74. The van der Waals surface area contributed by atoms with Gasteiger partial charge in [0.1, 0.15) is 5.76 Å². The second kappa shape index (κ2) is 3.90. The molecule has 0 radical (unpaired) electrons. The van der Waals surface area contributed by atoms with Crippen LogP contribution in [0.25, 0.3) is 0 Å². The van der Waals surface area contributed by atoms with Crippen LogP contribution in [0.2, 0.25) is 0 Å². The van der Waals surface area contributed by atoms with E-state index in [1.165, 1.54) is 18.4 Å². The lowest BCUT2D eigenvalue weighted by Crippen LogP contribution is -2.44. The van der Waals surface area contributed by atoms with Crippen LogP contribution in [-0.4, -0.2) is 28.2 Å². The second-order valence-electron chi connectivity index (χ2n) is 5.21. The molecule has 2 bridgehead atoms. The number of hydrogen-bond donors (Lipinski definition) is 1. The molecule has 0 aromatic carbocycles. The lowest BCUT2D eigenvalue weighted by molar-refractivity contribution is 0.0274. The third-order valence-corrected chi connectivity index (χ3v) is 4.15. The summed E-state index contributed by atoms with van der Waals surface area (Å²) in [7, 11) is 0. The minimum atomic E-state index is -0.0774. The van der Waals surface area contributed by atoms with Crippen LogP contribution in [0.15, 0.2) is 16.7 Å². The van der Waals surface area contributed by atoms with Crippen LogP contribution in [0.3, 0.4) is 0 Å². The molecule has 0 amide bonds. The summed E-state index contributed by atoms with van der Waals surface area (Å²) in [5.74, 6) is 1.09. The monoisotopic (exact) mass is 221 g/mol. The molecular formula is C13H19NO2. The first-order valence-corrected chi connectivity index (χ1v) is 6.21. The zero-order valence-corrected chi connectivity index (χ0v) is 9.72. The molecule has 1 aromatic rings. The minimum Gasteiger partial charge on any atom is -0.468 e. The molecule has 0 aliphatic carbocycles. The highest BCUT2D eigenvalue weighted by atomic mass is 16.3. The average molecular weight is 221 g/mol. The molecule has 3 rings (SSSR count). The molecule has 3 nitrogen and oxygen atoms in total. The molecule has 0 spiro atoms. The molecule has 1 aromatic heterocycles. The maximum atomic E-state index is 9.74. The fourth-order valence-corrected chi connectivity index (χ4v) is 3.24. The zero-order valence-electron chi connectivity index (χ0n) is 9.72. The van der Waals surface area contributed by atoms with E-state index >= 15 is 0 Å². The Morgan fingerprint density at radius 3 is 2.62 bits per heavy atom. The molecule has 2 atom stereocenters. The molecular weight excluding hydrogens is 202 g/mol. The first-order valence-electron chi connectivity index (χ1n) is 6.21. The number of hydrogen-bond acceptors (Lipinski definition) is 3. The van der Waals surface area contributed by atoms with Gasteiger partial charge in [-0.2, -0.15) is 0 Å². The summed E-state index contributed by atoms with van der Waals surface area (Å²) in [6.45, 7) is 3.01. The number of aryl methyl sites for hydroxylation is 1. The van der Waals surface area contributed by atoms with E-state index in [9.17, 15) is 5.11 Å². The van der Waals surface area contributed by atoms with Gasteiger partial charge >= 0.3 is 0 Å². The van der Waals surface area contributed by atoms with Crippen molar-refractivity contribution in [3.63, 3.8) is 0 Å². The van der Waals surface area contributed by atoms with Crippen LogP contribution in [-0.2, 0) is 6.54 Å². The lowest BCUT2D eigenvalue weighted by Gasteiger charge is -2.36. The number of fused-ring (bicyclic) bond motifs is 2. The second-order valence-corrected chi connectivity index (χ2v) is 5.21. The third-order valence-electron chi connectivity index (χ3n) is 4.15. The van der Waals surface area contributed by atoms with Gasteiger partial charge in [0.2, 0.25) is 0 Å². The van der Waals surface area contributed by atoms with Crippen molar-refractivity contribution in [3.05, 3.63) is 23.7 Å². The van der Waals surface area contributed by atoms with Gasteiger partial charge in [0.15, 0.2) is 0 Å². The van der Waals surface area contributed by atoms with E-state index in [-0.39, 0.29) is 6.10 Å². The minimum absolute atomic E-state index is 0.0774. The normalized spacial score (nSPS) is 34.5. The summed E-state index contributed by atoms with van der Waals surface area (Å²) in [5.41, 5.74) is 1.24. The number of piperidine rings is 1. The van der Waals surface area contributed by atoms with Crippen LogP contribution in [0.4, 0.5) is 0 Å². The van der Waals surface area contributed by atoms with Crippen LogP contribution in [0.5, 0.6) is 0 Å². The molecule has 2 unspecified atom stereocenters. The molecule has 2 aliphatic heterocycles. The van der Waals surface area contributed by atoms with Gasteiger partial charge in [-0.15, -0.1) is 0 Å². The smallest absolute Gasteiger partial charge is 0.120 e. The van der Waals surface area contributed by atoms with Gasteiger partial charge in [-0.3, -0.25) is 4.90 Å². The van der Waals surface area contributed by atoms with Crippen molar-refractivity contribution in [1.29, 1.82) is 0 Å². The zero-order chi connectivity index (χ0) is 11.1.